The van der Waals surface area contributed by atoms with E-state index in [9.17, 15) is 13.2 Å². The van der Waals surface area contributed by atoms with Gasteiger partial charge < -0.3 is 9.88 Å². The average Bonchev–Trinajstić information content (AvgIpc) is 3.11. The van der Waals surface area contributed by atoms with Crippen LogP contribution in [0.25, 0.3) is 22.4 Å². The van der Waals surface area contributed by atoms with Gasteiger partial charge in [0.2, 0.25) is 15.9 Å². The molecular weight excluding hydrogens is 412 g/mol. The molecule has 1 aliphatic heterocycles. The van der Waals surface area contributed by atoms with Gasteiger partial charge in [0.05, 0.1) is 22.7 Å². The molecule has 1 unspecified atom stereocenters. The largest absolute Gasteiger partial charge is 0.327 e. The molecule has 1 amide bonds. The fraction of sp³-hybridized carbons (Fsp3) is 0.391. The lowest BCUT2D eigenvalue weighted by atomic mass is 9.98. The molecule has 1 fully saturated rings. The van der Waals surface area contributed by atoms with Gasteiger partial charge in [-0.05, 0) is 55.7 Å². The average molecular weight is 441 g/mol. The number of aryl methyl sites for hydroxylation is 1. The summed E-state index contributed by atoms with van der Waals surface area (Å²) in [6, 6.07) is 15.6. The van der Waals surface area contributed by atoms with E-state index in [-0.39, 0.29) is 24.1 Å². The first-order chi connectivity index (χ1) is 14.9. The van der Waals surface area contributed by atoms with Gasteiger partial charge in [-0.15, -0.1) is 0 Å². The predicted molar refractivity (Wildman–Crippen MR) is 123 cm³/mol. The van der Waals surface area contributed by atoms with Crippen molar-refractivity contribution in [3.8, 4) is 11.4 Å². The zero-order valence-electron chi connectivity index (χ0n) is 17.9. The summed E-state index contributed by atoms with van der Waals surface area (Å²) in [5, 5.41) is 2.95. The number of aromatic nitrogens is 2. The van der Waals surface area contributed by atoms with Crippen molar-refractivity contribution in [1.29, 1.82) is 0 Å². The van der Waals surface area contributed by atoms with E-state index in [4.69, 9.17) is 4.98 Å². The van der Waals surface area contributed by atoms with Gasteiger partial charge in [-0.2, -0.15) is 0 Å². The fourth-order valence-corrected chi connectivity index (χ4v) is 5.74. The molecule has 0 bridgehead atoms. The molecule has 0 aliphatic carbocycles. The third kappa shape index (κ3) is 4.50. The highest BCUT2D eigenvalue weighted by molar-refractivity contribution is 7.89. The Morgan fingerprint density at radius 3 is 2.61 bits per heavy atom. The zero-order chi connectivity index (χ0) is 22.0. The summed E-state index contributed by atoms with van der Waals surface area (Å²) in [5.41, 5.74) is 3.67. The maximum atomic E-state index is 12.8. The summed E-state index contributed by atoms with van der Waals surface area (Å²) in [5.74, 6) is 0.528. The van der Waals surface area contributed by atoms with E-state index >= 15 is 0 Å². The summed E-state index contributed by atoms with van der Waals surface area (Å²) in [4.78, 5) is 17.5. The lowest BCUT2D eigenvalue weighted by Crippen LogP contribution is -2.44. The van der Waals surface area contributed by atoms with Crippen molar-refractivity contribution < 1.29 is 13.2 Å². The lowest BCUT2D eigenvalue weighted by Gasteiger charge is -2.31. The van der Waals surface area contributed by atoms with Gasteiger partial charge in [0.25, 0.3) is 0 Å². The number of para-hydroxylation sites is 2. The van der Waals surface area contributed by atoms with Crippen LogP contribution in [0.15, 0.2) is 48.5 Å². The number of imidazole rings is 1. The maximum Gasteiger partial charge on any atom is 0.228 e. The van der Waals surface area contributed by atoms with Crippen LogP contribution in [-0.4, -0.2) is 47.0 Å². The second-order valence-corrected chi connectivity index (χ2v) is 10.2. The van der Waals surface area contributed by atoms with Crippen LogP contribution in [0, 0.1) is 5.92 Å². The number of carbonyl (C=O) groups is 1. The predicted octanol–water partition coefficient (Wildman–Crippen LogP) is 3.63. The van der Waals surface area contributed by atoms with Gasteiger partial charge in [0, 0.05) is 31.4 Å². The summed E-state index contributed by atoms with van der Waals surface area (Å²) in [6.45, 7) is 2.61. The number of rotatable bonds is 6. The SMILES string of the molecule is CCCS(=O)(=O)N1CCCC(C(=O)Nc2ccc(-c3nc4ccccc4n3C)cc2)C1. The summed E-state index contributed by atoms with van der Waals surface area (Å²) in [6.07, 6.45) is 1.97. The van der Waals surface area contributed by atoms with Gasteiger partial charge in [-0.1, -0.05) is 19.1 Å². The van der Waals surface area contributed by atoms with Crippen LogP contribution in [0.4, 0.5) is 5.69 Å². The number of benzene rings is 2. The number of amides is 1. The van der Waals surface area contributed by atoms with Crippen molar-refractivity contribution in [3.05, 3.63) is 48.5 Å². The Bertz CT molecular complexity index is 1190. The van der Waals surface area contributed by atoms with Crippen LogP contribution < -0.4 is 5.32 Å². The Labute approximate surface area is 183 Å². The molecule has 2 heterocycles. The molecule has 2 aromatic carbocycles. The number of carbonyl (C=O) groups excluding carboxylic acids is 1. The minimum absolute atomic E-state index is 0.130. The summed E-state index contributed by atoms with van der Waals surface area (Å²) >= 11 is 0. The van der Waals surface area contributed by atoms with Gasteiger partial charge >= 0.3 is 0 Å². The van der Waals surface area contributed by atoms with Crippen molar-refractivity contribution in [3.63, 3.8) is 0 Å². The molecule has 1 N–H and O–H groups in total. The normalized spacial score (nSPS) is 17.7. The molecule has 0 spiro atoms. The third-order valence-corrected chi connectivity index (χ3v) is 7.85. The molecule has 1 saturated heterocycles. The third-order valence-electron chi connectivity index (χ3n) is 5.81. The minimum Gasteiger partial charge on any atom is -0.327 e. The number of hydrogen-bond acceptors (Lipinski definition) is 4. The van der Waals surface area contributed by atoms with Crippen LogP contribution in [0.1, 0.15) is 26.2 Å². The zero-order valence-corrected chi connectivity index (χ0v) is 18.7. The highest BCUT2D eigenvalue weighted by Gasteiger charge is 2.31. The number of sulfonamides is 1. The smallest absolute Gasteiger partial charge is 0.228 e. The van der Waals surface area contributed by atoms with Crippen molar-refractivity contribution >= 4 is 32.7 Å². The first kappa shape index (κ1) is 21.5. The summed E-state index contributed by atoms with van der Waals surface area (Å²) in [7, 11) is -1.29. The Balaban J connectivity index is 1.45. The van der Waals surface area contributed by atoms with Crippen molar-refractivity contribution in [2.24, 2.45) is 13.0 Å². The Morgan fingerprint density at radius 2 is 1.90 bits per heavy atom. The first-order valence-corrected chi connectivity index (χ1v) is 12.3. The number of anilines is 1. The van der Waals surface area contributed by atoms with Crippen molar-refractivity contribution in [1.82, 2.24) is 13.9 Å². The van der Waals surface area contributed by atoms with Gasteiger partial charge in [0.1, 0.15) is 5.82 Å². The number of piperidine rings is 1. The number of hydrogen-bond donors (Lipinski definition) is 1. The van der Waals surface area contributed by atoms with E-state index in [2.05, 4.69) is 9.88 Å². The monoisotopic (exact) mass is 440 g/mol. The molecule has 8 heteroatoms. The summed E-state index contributed by atoms with van der Waals surface area (Å²) < 4.78 is 28.2. The molecule has 1 aliphatic rings. The Hall–Kier alpha value is -2.71. The van der Waals surface area contributed by atoms with Crippen molar-refractivity contribution in [2.45, 2.75) is 26.2 Å². The molecular formula is C23H28N4O3S. The van der Waals surface area contributed by atoms with Crippen molar-refractivity contribution in [2.75, 3.05) is 24.2 Å². The van der Waals surface area contributed by atoms with E-state index in [0.717, 1.165) is 22.4 Å². The molecule has 164 valence electrons. The molecule has 3 aromatic rings. The molecule has 0 saturated carbocycles. The first-order valence-electron chi connectivity index (χ1n) is 10.7. The number of nitrogens with zero attached hydrogens (tertiary/aromatic N) is 3. The highest BCUT2D eigenvalue weighted by atomic mass is 32.2. The second-order valence-electron chi connectivity index (χ2n) is 8.06. The Morgan fingerprint density at radius 1 is 1.16 bits per heavy atom. The fourth-order valence-electron chi connectivity index (χ4n) is 4.15. The maximum absolute atomic E-state index is 12.8. The second kappa shape index (κ2) is 8.80. The highest BCUT2D eigenvalue weighted by Crippen LogP contribution is 2.26. The number of fused-ring (bicyclic) bond motifs is 1. The molecule has 0 radical (unpaired) electrons. The molecule has 31 heavy (non-hydrogen) atoms. The van der Waals surface area contributed by atoms with Crippen LogP contribution in [0.5, 0.6) is 0 Å². The molecule has 4 rings (SSSR count). The van der Waals surface area contributed by atoms with Crippen LogP contribution in [0.2, 0.25) is 0 Å². The molecule has 1 aromatic heterocycles. The minimum atomic E-state index is -3.28. The van der Waals surface area contributed by atoms with Crippen LogP contribution in [-0.2, 0) is 21.9 Å². The van der Waals surface area contributed by atoms with E-state index in [1.807, 2.05) is 62.5 Å². The quantitative estimate of drug-likeness (QED) is 0.634. The van der Waals surface area contributed by atoms with Crippen LogP contribution >= 0.6 is 0 Å². The lowest BCUT2D eigenvalue weighted by molar-refractivity contribution is -0.120. The van der Waals surface area contributed by atoms with Gasteiger partial charge in [-0.3, -0.25) is 4.79 Å². The Kier molecular flexibility index (Phi) is 6.11. The van der Waals surface area contributed by atoms with E-state index in [0.29, 0.717) is 31.5 Å². The van der Waals surface area contributed by atoms with Gasteiger partial charge in [0.15, 0.2) is 0 Å². The topological polar surface area (TPSA) is 84.3 Å². The molecule has 1 atom stereocenters. The number of nitrogens with one attached hydrogen (secondary N) is 1. The molecule has 7 nitrogen and oxygen atoms in total. The standard InChI is InChI=1S/C23H28N4O3S/c1-3-15-31(29,30)27-14-6-7-18(16-27)23(28)24-19-12-10-17(11-13-19)22-25-20-8-4-5-9-21(20)26(22)2/h4-5,8-13,18H,3,6-7,14-16H2,1-2H3,(H,24,28). The van der Waals surface area contributed by atoms with E-state index < -0.39 is 10.0 Å². The van der Waals surface area contributed by atoms with Gasteiger partial charge in [-0.25, -0.2) is 17.7 Å². The van der Waals surface area contributed by atoms with Crippen LogP contribution in [0.3, 0.4) is 0 Å². The van der Waals surface area contributed by atoms with E-state index in [1.54, 1.807) is 0 Å². The van der Waals surface area contributed by atoms with E-state index in [1.165, 1.54) is 4.31 Å².